The summed E-state index contributed by atoms with van der Waals surface area (Å²) >= 11 is 1.35. The van der Waals surface area contributed by atoms with Crippen molar-refractivity contribution in [2.24, 2.45) is 0 Å². The van der Waals surface area contributed by atoms with Crippen molar-refractivity contribution in [3.8, 4) is 11.4 Å². The molecule has 26 heavy (non-hydrogen) atoms. The summed E-state index contributed by atoms with van der Waals surface area (Å²) in [7, 11) is 1.62. The lowest BCUT2D eigenvalue weighted by atomic mass is 10.1. The lowest BCUT2D eigenvalue weighted by molar-refractivity contribution is -0.118. The highest BCUT2D eigenvalue weighted by atomic mass is 32.2. The number of carbonyl (C=O) groups excluding carboxylic acids is 1. The second kappa shape index (κ2) is 8.53. The van der Waals surface area contributed by atoms with Gasteiger partial charge in [-0.1, -0.05) is 42.1 Å². The molecule has 0 radical (unpaired) electrons. The number of thioether (sulfide) groups is 1. The van der Waals surface area contributed by atoms with E-state index in [1.54, 1.807) is 13.4 Å². The molecule has 0 bridgehead atoms. The van der Waals surface area contributed by atoms with Crippen LogP contribution in [0.3, 0.4) is 0 Å². The number of nitrogens with one attached hydrogen (secondary N) is 1. The maximum Gasteiger partial charge on any atom is 0.230 e. The van der Waals surface area contributed by atoms with Crippen molar-refractivity contribution in [2.45, 2.75) is 18.6 Å². The van der Waals surface area contributed by atoms with E-state index in [-0.39, 0.29) is 11.7 Å². The van der Waals surface area contributed by atoms with Gasteiger partial charge < -0.3 is 10.1 Å². The molecular weight excluding hydrogens is 348 g/mol. The van der Waals surface area contributed by atoms with Crippen LogP contribution in [0.5, 0.6) is 5.75 Å². The Balaban J connectivity index is 1.59. The van der Waals surface area contributed by atoms with Crippen LogP contribution in [0.25, 0.3) is 5.69 Å². The minimum atomic E-state index is -0.0431. The van der Waals surface area contributed by atoms with Crippen molar-refractivity contribution < 1.29 is 9.53 Å². The third-order valence-corrected chi connectivity index (χ3v) is 4.86. The van der Waals surface area contributed by atoms with Crippen molar-refractivity contribution in [3.05, 3.63) is 66.0 Å². The number of aromatic nitrogens is 3. The summed E-state index contributed by atoms with van der Waals surface area (Å²) < 4.78 is 7.08. The van der Waals surface area contributed by atoms with Gasteiger partial charge in [-0.3, -0.25) is 9.36 Å². The first-order valence-electron chi connectivity index (χ1n) is 8.16. The topological polar surface area (TPSA) is 69.0 Å². The molecule has 3 aromatic rings. The number of aryl methyl sites for hydroxylation is 1. The van der Waals surface area contributed by atoms with Gasteiger partial charge in [0.1, 0.15) is 12.1 Å². The minimum absolute atomic E-state index is 0.0431. The fourth-order valence-electron chi connectivity index (χ4n) is 2.44. The van der Waals surface area contributed by atoms with Crippen LogP contribution in [0.4, 0.5) is 0 Å². The first-order valence-corrected chi connectivity index (χ1v) is 9.14. The maximum atomic E-state index is 12.2. The molecule has 0 saturated heterocycles. The van der Waals surface area contributed by atoms with Gasteiger partial charge >= 0.3 is 0 Å². The molecule has 0 saturated carbocycles. The highest BCUT2D eigenvalue weighted by Crippen LogP contribution is 2.22. The SMILES string of the molecule is COc1cccc(-n2cnnc2SCC(=O)NCc2ccccc2C)c1. The van der Waals surface area contributed by atoms with Crippen molar-refractivity contribution in [1.82, 2.24) is 20.1 Å². The zero-order valence-corrected chi connectivity index (χ0v) is 15.5. The maximum absolute atomic E-state index is 12.2. The Labute approximate surface area is 156 Å². The van der Waals surface area contributed by atoms with Gasteiger partial charge in [0.2, 0.25) is 5.91 Å². The van der Waals surface area contributed by atoms with Gasteiger partial charge in [0, 0.05) is 12.6 Å². The number of nitrogens with zero attached hydrogens (tertiary/aromatic N) is 3. The fraction of sp³-hybridized carbons (Fsp3) is 0.211. The monoisotopic (exact) mass is 368 g/mol. The van der Waals surface area contributed by atoms with E-state index < -0.39 is 0 Å². The molecular formula is C19H20N4O2S. The number of benzene rings is 2. The molecule has 1 N–H and O–H groups in total. The lowest BCUT2D eigenvalue weighted by Crippen LogP contribution is -2.25. The van der Waals surface area contributed by atoms with Crippen molar-refractivity contribution in [2.75, 3.05) is 12.9 Å². The number of hydrogen-bond acceptors (Lipinski definition) is 5. The van der Waals surface area contributed by atoms with Crippen LogP contribution < -0.4 is 10.1 Å². The Kier molecular flexibility index (Phi) is 5.91. The van der Waals surface area contributed by atoms with Gasteiger partial charge in [0.25, 0.3) is 0 Å². The highest BCUT2D eigenvalue weighted by molar-refractivity contribution is 7.99. The third kappa shape index (κ3) is 4.43. The van der Waals surface area contributed by atoms with E-state index in [1.165, 1.54) is 17.3 Å². The van der Waals surface area contributed by atoms with Gasteiger partial charge in [-0.15, -0.1) is 10.2 Å². The third-order valence-electron chi connectivity index (χ3n) is 3.92. The van der Waals surface area contributed by atoms with Crippen LogP contribution in [0.1, 0.15) is 11.1 Å². The summed E-state index contributed by atoms with van der Waals surface area (Å²) in [5.41, 5.74) is 3.17. The largest absolute Gasteiger partial charge is 0.497 e. The van der Waals surface area contributed by atoms with E-state index in [0.29, 0.717) is 11.7 Å². The highest BCUT2D eigenvalue weighted by Gasteiger charge is 2.11. The molecule has 7 heteroatoms. The second-order valence-electron chi connectivity index (χ2n) is 5.68. The van der Waals surface area contributed by atoms with Crippen molar-refractivity contribution >= 4 is 17.7 Å². The van der Waals surface area contributed by atoms with Crippen LogP contribution in [0, 0.1) is 6.92 Å². The Morgan fingerprint density at radius 3 is 2.88 bits per heavy atom. The van der Waals surface area contributed by atoms with E-state index >= 15 is 0 Å². The fourth-order valence-corrected chi connectivity index (χ4v) is 3.20. The Bertz CT molecular complexity index is 895. The Morgan fingerprint density at radius 2 is 2.08 bits per heavy atom. The molecule has 0 atom stereocenters. The quantitative estimate of drug-likeness (QED) is 0.649. The summed E-state index contributed by atoms with van der Waals surface area (Å²) in [6, 6.07) is 15.6. The van der Waals surface area contributed by atoms with Crippen LogP contribution >= 0.6 is 11.8 Å². The van der Waals surface area contributed by atoms with Crippen LogP contribution in [0.15, 0.2) is 60.0 Å². The number of carbonyl (C=O) groups is 1. The van der Waals surface area contributed by atoms with Crippen LogP contribution in [-0.4, -0.2) is 33.5 Å². The standard InChI is InChI=1S/C19H20N4O2S/c1-14-6-3-4-7-15(14)11-20-18(24)12-26-19-22-21-13-23(19)16-8-5-9-17(10-16)25-2/h3-10,13H,11-12H2,1-2H3,(H,20,24). The average Bonchev–Trinajstić information content (AvgIpc) is 3.14. The van der Waals surface area contributed by atoms with E-state index in [4.69, 9.17) is 4.74 Å². The second-order valence-corrected chi connectivity index (χ2v) is 6.62. The van der Waals surface area contributed by atoms with Gasteiger partial charge in [0.15, 0.2) is 5.16 Å². The zero-order valence-electron chi connectivity index (χ0n) is 14.7. The van der Waals surface area contributed by atoms with E-state index in [0.717, 1.165) is 17.0 Å². The molecule has 0 aliphatic carbocycles. The zero-order chi connectivity index (χ0) is 18.4. The number of ether oxygens (including phenoxy) is 1. The average molecular weight is 368 g/mol. The first kappa shape index (κ1) is 18.0. The predicted molar refractivity (Wildman–Crippen MR) is 102 cm³/mol. The van der Waals surface area contributed by atoms with Gasteiger partial charge in [-0.25, -0.2) is 0 Å². The van der Waals surface area contributed by atoms with Crippen molar-refractivity contribution in [3.63, 3.8) is 0 Å². The molecule has 0 aliphatic heterocycles. The molecule has 1 heterocycles. The summed E-state index contributed by atoms with van der Waals surface area (Å²) in [5.74, 6) is 0.982. The van der Waals surface area contributed by atoms with Crippen molar-refractivity contribution in [1.29, 1.82) is 0 Å². The molecule has 6 nitrogen and oxygen atoms in total. The van der Waals surface area contributed by atoms with E-state index in [2.05, 4.69) is 15.5 Å². The summed E-state index contributed by atoms with van der Waals surface area (Å²) in [5, 5.41) is 11.7. The normalized spacial score (nSPS) is 10.5. The molecule has 0 spiro atoms. The molecule has 1 aromatic heterocycles. The first-order chi connectivity index (χ1) is 12.7. The van der Waals surface area contributed by atoms with E-state index in [1.807, 2.05) is 60.0 Å². The molecule has 134 valence electrons. The van der Waals surface area contributed by atoms with Crippen LogP contribution in [-0.2, 0) is 11.3 Å². The smallest absolute Gasteiger partial charge is 0.230 e. The Morgan fingerprint density at radius 1 is 1.23 bits per heavy atom. The summed E-state index contributed by atoms with van der Waals surface area (Å²) in [6.07, 6.45) is 1.63. The summed E-state index contributed by atoms with van der Waals surface area (Å²) in [6.45, 7) is 2.56. The number of methoxy groups -OCH3 is 1. The molecule has 0 unspecified atom stereocenters. The minimum Gasteiger partial charge on any atom is -0.497 e. The molecule has 0 aliphatic rings. The lowest BCUT2D eigenvalue weighted by Gasteiger charge is -2.09. The van der Waals surface area contributed by atoms with Crippen LogP contribution in [0.2, 0.25) is 0 Å². The molecule has 0 fully saturated rings. The molecule has 2 aromatic carbocycles. The van der Waals surface area contributed by atoms with Gasteiger partial charge in [0.05, 0.1) is 18.6 Å². The Hall–Kier alpha value is -2.80. The molecule has 3 rings (SSSR count). The number of hydrogen-bond donors (Lipinski definition) is 1. The number of amides is 1. The van der Waals surface area contributed by atoms with Gasteiger partial charge in [-0.2, -0.15) is 0 Å². The van der Waals surface area contributed by atoms with E-state index in [9.17, 15) is 4.79 Å². The number of rotatable bonds is 7. The van der Waals surface area contributed by atoms with Gasteiger partial charge in [-0.05, 0) is 30.2 Å². The summed E-state index contributed by atoms with van der Waals surface area (Å²) in [4.78, 5) is 12.2. The predicted octanol–water partition coefficient (Wildman–Crippen LogP) is 2.99. The molecule has 1 amide bonds.